The molecule has 6 heteroatoms. The molecule has 0 aliphatic carbocycles. The zero-order valence-electron chi connectivity index (χ0n) is 11.3. The summed E-state index contributed by atoms with van der Waals surface area (Å²) in [5.41, 5.74) is 1.83. The predicted molar refractivity (Wildman–Crippen MR) is 76.5 cm³/mol. The molecule has 0 spiro atoms. The maximum atomic E-state index is 11.1. The van der Waals surface area contributed by atoms with Crippen molar-refractivity contribution < 1.29 is 19.1 Å². The Kier molecular flexibility index (Phi) is 5.57. The first kappa shape index (κ1) is 14.8. The van der Waals surface area contributed by atoms with E-state index >= 15 is 0 Å². The van der Waals surface area contributed by atoms with Gasteiger partial charge in [-0.3, -0.25) is 4.79 Å². The van der Waals surface area contributed by atoms with E-state index < -0.39 is 5.97 Å². The topological polar surface area (TPSA) is 82.8 Å². The van der Waals surface area contributed by atoms with Crippen LogP contribution in [0.4, 0.5) is 0 Å². The van der Waals surface area contributed by atoms with Crippen LogP contribution >= 0.6 is 0 Å². The third kappa shape index (κ3) is 5.13. The third-order valence-electron chi connectivity index (χ3n) is 2.53. The van der Waals surface area contributed by atoms with E-state index in [9.17, 15) is 4.79 Å². The van der Waals surface area contributed by atoms with Gasteiger partial charge in [0, 0.05) is 6.07 Å². The van der Waals surface area contributed by atoms with Gasteiger partial charge in [0.15, 0.2) is 0 Å². The highest BCUT2D eigenvalue weighted by molar-refractivity contribution is 5.69. The summed E-state index contributed by atoms with van der Waals surface area (Å²) in [6, 6.07) is 16.6. The fourth-order valence-electron chi connectivity index (χ4n) is 1.62. The van der Waals surface area contributed by atoms with Gasteiger partial charge >= 0.3 is 5.97 Å². The van der Waals surface area contributed by atoms with E-state index in [-0.39, 0.29) is 13.0 Å². The molecule has 0 amide bonds. The number of hydrazine groups is 1. The van der Waals surface area contributed by atoms with Gasteiger partial charge in [0.2, 0.25) is 0 Å². The lowest BCUT2D eigenvalue weighted by molar-refractivity contribution is -0.151. The Labute approximate surface area is 122 Å². The first-order valence-corrected chi connectivity index (χ1v) is 6.39. The molecule has 0 aliphatic rings. The number of para-hydroxylation sites is 1. The molecular weight excluding hydrogens is 272 g/mol. The van der Waals surface area contributed by atoms with Gasteiger partial charge in [-0.1, -0.05) is 29.9 Å². The average Bonchev–Trinajstić information content (AvgIpc) is 2.49. The lowest BCUT2D eigenvalue weighted by Crippen LogP contribution is -2.26. The number of hydrogen-bond donors (Lipinski definition) is 2. The fourth-order valence-corrected chi connectivity index (χ4v) is 1.62. The summed E-state index contributed by atoms with van der Waals surface area (Å²) < 4.78 is 11.1. The van der Waals surface area contributed by atoms with E-state index in [1.165, 1.54) is 0 Å². The van der Waals surface area contributed by atoms with Crippen molar-refractivity contribution in [2.45, 2.75) is 6.42 Å². The lowest BCUT2D eigenvalue weighted by Gasteiger charge is -2.09. The summed E-state index contributed by atoms with van der Waals surface area (Å²) in [7, 11) is 0. The van der Waals surface area contributed by atoms with Crippen molar-refractivity contribution in [1.82, 2.24) is 5.59 Å². The van der Waals surface area contributed by atoms with Crippen LogP contribution in [0, 0.1) is 0 Å². The van der Waals surface area contributed by atoms with E-state index in [0.29, 0.717) is 11.5 Å². The first-order chi connectivity index (χ1) is 10.3. The molecule has 110 valence electrons. The molecule has 21 heavy (non-hydrogen) atoms. The summed E-state index contributed by atoms with van der Waals surface area (Å²) in [5.74, 6) is 6.37. The minimum absolute atomic E-state index is 0.0912. The van der Waals surface area contributed by atoms with Crippen molar-refractivity contribution >= 4 is 5.97 Å². The monoisotopic (exact) mass is 288 g/mol. The molecule has 0 aromatic heterocycles. The maximum absolute atomic E-state index is 11.1. The molecule has 0 atom stereocenters. The predicted octanol–water partition coefficient (Wildman–Crippen LogP) is 2.17. The molecule has 0 saturated heterocycles. The quantitative estimate of drug-likeness (QED) is 0.600. The normalized spacial score (nSPS) is 9.95. The Morgan fingerprint density at radius 3 is 2.48 bits per heavy atom. The number of rotatable bonds is 7. The van der Waals surface area contributed by atoms with Crippen LogP contribution in [0.5, 0.6) is 17.2 Å². The standard InChI is InChI=1S/C15H16N2O4/c16-17-21-15(18)9-10-19-13-7-4-8-14(11-13)20-12-5-2-1-3-6-12/h1-8,11,17H,9-10,16H2. The van der Waals surface area contributed by atoms with Gasteiger partial charge in [-0.25, -0.2) is 5.84 Å². The second-order valence-electron chi connectivity index (χ2n) is 4.08. The van der Waals surface area contributed by atoms with Crippen LogP contribution in [0.1, 0.15) is 6.42 Å². The van der Waals surface area contributed by atoms with Gasteiger partial charge in [-0.05, 0) is 24.3 Å². The Hall–Kier alpha value is -2.57. The highest BCUT2D eigenvalue weighted by Gasteiger charge is 2.04. The van der Waals surface area contributed by atoms with E-state index in [4.69, 9.17) is 15.3 Å². The molecule has 0 aliphatic heterocycles. The summed E-state index contributed by atoms with van der Waals surface area (Å²) in [5, 5.41) is 0. The van der Waals surface area contributed by atoms with Crippen molar-refractivity contribution in [2.24, 2.45) is 5.84 Å². The minimum Gasteiger partial charge on any atom is -0.493 e. The second kappa shape index (κ2) is 7.88. The zero-order valence-corrected chi connectivity index (χ0v) is 11.3. The molecule has 2 aromatic rings. The second-order valence-corrected chi connectivity index (χ2v) is 4.08. The summed E-state index contributed by atoms with van der Waals surface area (Å²) in [6.45, 7) is 0.190. The molecule has 2 rings (SSSR count). The van der Waals surface area contributed by atoms with Gasteiger partial charge in [-0.15, -0.1) is 0 Å². The molecule has 0 saturated carbocycles. The van der Waals surface area contributed by atoms with Crippen LogP contribution in [0.25, 0.3) is 0 Å². The van der Waals surface area contributed by atoms with E-state index in [1.807, 2.05) is 48.1 Å². The number of carbonyl (C=O) groups excluding carboxylic acids is 1. The highest BCUT2D eigenvalue weighted by Crippen LogP contribution is 2.24. The van der Waals surface area contributed by atoms with E-state index in [0.717, 1.165) is 5.75 Å². The largest absolute Gasteiger partial charge is 0.493 e. The van der Waals surface area contributed by atoms with Crippen LogP contribution in [0.15, 0.2) is 54.6 Å². The number of carbonyl (C=O) groups is 1. The van der Waals surface area contributed by atoms with Crippen LogP contribution in [0.3, 0.4) is 0 Å². The summed E-state index contributed by atoms with van der Waals surface area (Å²) in [4.78, 5) is 15.4. The molecule has 3 N–H and O–H groups in total. The van der Waals surface area contributed by atoms with Crippen LogP contribution in [0.2, 0.25) is 0 Å². The Bertz CT molecular complexity index is 575. The lowest BCUT2D eigenvalue weighted by atomic mass is 10.3. The zero-order chi connectivity index (χ0) is 14.9. The van der Waals surface area contributed by atoms with Crippen molar-refractivity contribution in [3.05, 3.63) is 54.6 Å². The van der Waals surface area contributed by atoms with E-state index in [1.54, 1.807) is 12.1 Å². The highest BCUT2D eigenvalue weighted by atomic mass is 16.7. The molecule has 6 nitrogen and oxygen atoms in total. The SMILES string of the molecule is NNOC(=O)CCOc1cccc(Oc2ccccc2)c1. The van der Waals surface area contributed by atoms with E-state index in [2.05, 4.69) is 4.84 Å². The van der Waals surface area contributed by atoms with Gasteiger partial charge < -0.3 is 14.3 Å². The van der Waals surface area contributed by atoms with Gasteiger partial charge in [-0.2, -0.15) is 0 Å². The fraction of sp³-hybridized carbons (Fsp3) is 0.133. The molecule has 2 aromatic carbocycles. The smallest absolute Gasteiger partial charge is 0.329 e. The first-order valence-electron chi connectivity index (χ1n) is 6.39. The van der Waals surface area contributed by atoms with Crippen LogP contribution < -0.4 is 20.9 Å². The molecule has 0 bridgehead atoms. The molecule has 0 fully saturated rings. The summed E-state index contributed by atoms with van der Waals surface area (Å²) in [6.07, 6.45) is 0.0912. The van der Waals surface area contributed by atoms with Crippen LogP contribution in [-0.4, -0.2) is 12.6 Å². The van der Waals surface area contributed by atoms with Crippen molar-refractivity contribution in [3.63, 3.8) is 0 Å². The Morgan fingerprint density at radius 2 is 1.71 bits per heavy atom. The molecule has 0 radical (unpaired) electrons. The van der Waals surface area contributed by atoms with Gasteiger partial charge in [0.05, 0.1) is 13.0 Å². The van der Waals surface area contributed by atoms with Gasteiger partial charge in [0.1, 0.15) is 17.2 Å². The molecule has 0 unspecified atom stereocenters. The molecule has 0 heterocycles. The molecular formula is C15H16N2O4. The maximum Gasteiger partial charge on any atom is 0.329 e. The third-order valence-corrected chi connectivity index (χ3v) is 2.53. The van der Waals surface area contributed by atoms with Gasteiger partial charge in [0.25, 0.3) is 0 Å². The number of hydrogen-bond acceptors (Lipinski definition) is 6. The average molecular weight is 288 g/mol. The Balaban J connectivity index is 1.87. The number of nitrogens with two attached hydrogens (primary N) is 1. The number of benzene rings is 2. The number of nitrogens with one attached hydrogen (secondary N) is 1. The van der Waals surface area contributed by atoms with Crippen molar-refractivity contribution in [3.8, 4) is 17.2 Å². The van der Waals surface area contributed by atoms with Crippen LogP contribution in [-0.2, 0) is 9.63 Å². The Morgan fingerprint density at radius 1 is 1.00 bits per heavy atom. The number of ether oxygens (including phenoxy) is 2. The van der Waals surface area contributed by atoms with Crippen molar-refractivity contribution in [2.75, 3.05) is 6.61 Å². The van der Waals surface area contributed by atoms with Crippen molar-refractivity contribution in [1.29, 1.82) is 0 Å². The minimum atomic E-state index is -0.491. The summed E-state index contributed by atoms with van der Waals surface area (Å²) >= 11 is 0.